The number of hydrogen-bond acceptors (Lipinski definition) is 1. The molecule has 4 aromatic rings. The van der Waals surface area contributed by atoms with Crippen molar-refractivity contribution >= 4 is 10.9 Å². The number of benzene rings is 1. The van der Waals surface area contributed by atoms with Gasteiger partial charge in [0.15, 0.2) is 0 Å². The van der Waals surface area contributed by atoms with Gasteiger partial charge in [-0.05, 0) is 30.3 Å². The van der Waals surface area contributed by atoms with Gasteiger partial charge in [0.2, 0.25) is 0 Å². The van der Waals surface area contributed by atoms with E-state index < -0.39 is 0 Å². The van der Waals surface area contributed by atoms with E-state index in [1.165, 1.54) is 16.6 Å². The van der Waals surface area contributed by atoms with Crippen LogP contribution in [0.5, 0.6) is 0 Å². The van der Waals surface area contributed by atoms with Gasteiger partial charge in [0.25, 0.3) is 0 Å². The summed E-state index contributed by atoms with van der Waals surface area (Å²) in [6.45, 7) is 0. The zero-order chi connectivity index (χ0) is 13.4. The Morgan fingerprint density at radius 3 is 2.35 bits per heavy atom. The van der Waals surface area contributed by atoms with Crippen LogP contribution in [0.1, 0.15) is 0 Å². The Balaban J connectivity index is 2.04. The molecule has 0 unspecified atom stereocenters. The van der Waals surface area contributed by atoms with Gasteiger partial charge in [0, 0.05) is 42.1 Å². The summed E-state index contributed by atoms with van der Waals surface area (Å²) in [7, 11) is 0. The third kappa shape index (κ3) is 1.64. The van der Waals surface area contributed by atoms with Crippen LogP contribution in [-0.4, -0.2) is 14.1 Å². The fraction of sp³-hybridized carbons (Fsp3) is 0. The fourth-order valence-electron chi connectivity index (χ4n) is 2.58. The SMILES string of the molecule is c1ccc2c(c1)c(-n1cccc1)cn2-c1ccncc1. The Hall–Kier alpha value is -2.81. The largest absolute Gasteiger partial charge is 0.322 e. The van der Waals surface area contributed by atoms with Crippen LogP contribution < -0.4 is 0 Å². The van der Waals surface area contributed by atoms with E-state index in [0.29, 0.717) is 0 Å². The highest BCUT2D eigenvalue weighted by Crippen LogP contribution is 2.27. The van der Waals surface area contributed by atoms with Crippen LogP contribution in [0, 0.1) is 0 Å². The molecule has 0 aliphatic carbocycles. The van der Waals surface area contributed by atoms with Crippen molar-refractivity contribution in [2.45, 2.75) is 0 Å². The molecule has 3 heteroatoms. The lowest BCUT2D eigenvalue weighted by atomic mass is 10.2. The van der Waals surface area contributed by atoms with Crippen molar-refractivity contribution in [1.29, 1.82) is 0 Å². The van der Waals surface area contributed by atoms with E-state index in [0.717, 1.165) is 5.69 Å². The van der Waals surface area contributed by atoms with Crippen molar-refractivity contribution < 1.29 is 0 Å². The smallest absolute Gasteiger partial charge is 0.0711 e. The van der Waals surface area contributed by atoms with Gasteiger partial charge in [0.1, 0.15) is 0 Å². The summed E-state index contributed by atoms with van der Waals surface area (Å²) in [4.78, 5) is 4.09. The minimum Gasteiger partial charge on any atom is -0.322 e. The molecule has 3 heterocycles. The number of rotatable bonds is 2. The zero-order valence-corrected chi connectivity index (χ0v) is 10.8. The third-order valence-corrected chi connectivity index (χ3v) is 3.51. The first-order chi connectivity index (χ1) is 9.93. The fourth-order valence-corrected chi connectivity index (χ4v) is 2.58. The van der Waals surface area contributed by atoms with Gasteiger partial charge in [-0.15, -0.1) is 0 Å². The molecule has 0 radical (unpaired) electrons. The van der Waals surface area contributed by atoms with Crippen molar-refractivity contribution in [2.75, 3.05) is 0 Å². The molecule has 0 saturated carbocycles. The van der Waals surface area contributed by atoms with Gasteiger partial charge in [0.05, 0.1) is 11.2 Å². The van der Waals surface area contributed by atoms with Crippen molar-refractivity contribution in [2.24, 2.45) is 0 Å². The molecule has 0 bridgehead atoms. The van der Waals surface area contributed by atoms with Gasteiger partial charge in [-0.2, -0.15) is 0 Å². The Morgan fingerprint density at radius 2 is 1.55 bits per heavy atom. The highest BCUT2D eigenvalue weighted by atomic mass is 15.0. The van der Waals surface area contributed by atoms with E-state index in [9.17, 15) is 0 Å². The Bertz CT molecular complexity index is 842. The molecule has 0 amide bonds. The molecular formula is C17H13N3. The van der Waals surface area contributed by atoms with Gasteiger partial charge in [-0.1, -0.05) is 18.2 Å². The molecule has 0 fully saturated rings. The molecule has 0 N–H and O–H groups in total. The number of aromatic nitrogens is 3. The van der Waals surface area contributed by atoms with Crippen molar-refractivity contribution in [3.05, 3.63) is 79.5 Å². The molecular weight excluding hydrogens is 246 g/mol. The maximum atomic E-state index is 4.09. The predicted molar refractivity (Wildman–Crippen MR) is 80.4 cm³/mol. The predicted octanol–water partition coefficient (Wildman–Crippen LogP) is 3.82. The minimum atomic E-state index is 1.12. The molecule has 0 aliphatic heterocycles. The normalized spacial score (nSPS) is 11.0. The molecule has 0 spiro atoms. The molecule has 0 saturated heterocycles. The van der Waals surface area contributed by atoms with Crippen LogP contribution >= 0.6 is 0 Å². The first-order valence-corrected chi connectivity index (χ1v) is 6.57. The zero-order valence-electron chi connectivity index (χ0n) is 10.8. The van der Waals surface area contributed by atoms with Crippen LogP contribution in [-0.2, 0) is 0 Å². The number of fused-ring (bicyclic) bond motifs is 1. The molecule has 1 aromatic carbocycles. The second-order valence-corrected chi connectivity index (χ2v) is 4.70. The lowest BCUT2D eigenvalue weighted by molar-refractivity contribution is 1.05. The average molecular weight is 259 g/mol. The minimum absolute atomic E-state index is 1.12. The summed E-state index contributed by atoms with van der Waals surface area (Å²) in [6, 6.07) is 16.6. The summed E-state index contributed by atoms with van der Waals surface area (Å²) in [5, 5.41) is 1.24. The van der Waals surface area contributed by atoms with Gasteiger partial charge < -0.3 is 9.13 Å². The molecule has 96 valence electrons. The quantitative estimate of drug-likeness (QED) is 0.536. The topological polar surface area (TPSA) is 22.8 Å². The lowest BCUT2D eigenvalue weighted by Gasteiger charge is -2.03. The maximum Gasteiger partial charge on any atom is 0.0711 e. The van der Waals surface area contributed by atoms with Gasteiger partial charge >= 0.3 is 0 Å². The second kappa shape index (κ2) is 4.38. The second-order valence-electron chi connectivity index (χ2n) is 4.70. The first-order valence-electron chi connectivity index (χ1n) is 6.57. The number of nitrogens with zero attached hydrogens (tertiary/aromatic N) is 3. The van der Waals surface area contributed by atoms with Crippen LogP contribution in [0.15, 0.2) is 79.5 Å². The molecule has 20 heavy (non-hydrogen) atoms. The number of para-hydroxylation sites is 1. The number of hydrogen-bond donors (Lipinski definition) is 0. The van der Waals surface area contributed by atoms with Gasteiger partial charge in [-0.3, -0.25) is 4.98 Å². The molecule has 0 aliphatic rings. The van der Waals surface area contributed by atoms with Crippen LogP contribution in [0.3, 0.4) is 0 Å². The van der Waals surface area contributed by atoms with Crippen molar-refractivity contribution in [3.8, 4) is 11.4 Å². The molecule has 4 rings (SSSR count). The molecule has 3 aromatic heterocycles. The van der Waals surface area contributed by atoms with Gasteiger partial charge in [-0.25, -0.2) is 0 Å². The summed E-state index contributed by atoms with van der Waals surface area (Å²) >= 11 is 0. The van der Waals surface area contributed by atoms with Crippen LogP contribution in [0.2, 0.25) is 0 Å². The maximum absolute atomic E-state index is 4.09. The van der Waals surface area contributed by atoms with Crippen molar-refractivity contribution in [1.82, 2.24) is 14.1 Å². The molecule has 3 nitrogen and oxygen atoms in total. The summed E-state index contributed by atoms with van der Waals surface area (Å²) in [5.74, 6) is 0. The van der Waals surface area contributed by atoms with Crippen LogP contribution in [0.25, 0.3) is 22.3 Å². The first kappa shape index (κ1) is 11.1. The van der Waals surface area contributed by atoms with E-state index in [2.05, 4.69) is 57.0 Å². The summed E-state index contributed by atoms with van der Waals surface area (Å²) in [5.41, 5.74) is 3.50. The van der Waals surface area contributed by atoms with E-state index in [4.69, 9.17) is 0 Å². The van der Waals surface area contributed by atoms with Crippen molar-refractivity contribution in [3.63, 3.8) is 0 Å². The standard InChI is InChI=1S/C17H13N3/c1-2-6-16-15(5-1)17(19-11-3-4-12-19)13-20(16)14-7-9-18-10-8-14/h1-13H. The third-order valence-electron chi connectivity index (χ3n) is 3.51. The Kier molecular flexibility index (Phi) is 2.42. The Morgan fingerprint density at radius 1 is 0.800 bits per heavy atom. The highest BCUT2D eigenvalue weighted by molar-refractivity contribution is 5.90. The lowest BCUT2D eigenvalue weighted by Crippen LogP contribution is -1.91. The van der Waals surface area contributed by atoms with E-state index in [1.54, 1.807) is 0 Å². The van der Waals surface area contributed by atoms with E-state index in [-0.39, 0.29) is 0 Å². The van der Waals surface area contributed by atoms with E-state index >= 15 is 0 Å². The summed E-state index contributed by atoms with van der Waals surface area (Å²) in [6.07, 6.45) is 9.94. The average Bonchev–Trinajstić information content (AvgIpc) is 3.15. The van der Waals surface area contributed by atoms with Crippen LogP contribution in [0.4, 0.5) is 0 Å². The Labute approximate surface area is 116 Å². The number of pyridine rings is 1. The van der Waals surface area contributed by atoms with E-state index in [1.807, 2.05) is 36.7 Å². The highest BCUT2D eigenvalue weighted by Gasteiger charge is 2.09. The summed E-state index contributed by atoms with van der Waals surface area (Å²) < 4.78 is 4.34. The molecule has 0 atom stereocenters. The monoisotopic (exact) mass is 259 g/mol.